The molecule has 44 heavy (non-hydrogen) atoms. The molecule has 1 aromatic heterocycles. The predicted octanol–water partition coefficient (Wildman–Crippen LogP) is 5.46. The minimum atomic E-state index is -1.32. The van der Waals surface area contributed by atoms with Crippen molar-refractivity contribution in [2.24, 2.45) is 11.3 Å². The van der Waals surface area contributed by atoms with Crippen molar-refractivity contribution in [1.29, 1.82) is 0 Å². The number of benzene rings is 2. The average molecular weight is 605 g/mol. The molecule has 0 spiro atoms. The van der Waals surface area contributed by atoms with Crippen LogP contribution in [0.5, 0.6) is 11.5 Å². The van der Waals surface area contributed by atoms with Crippen molar-refractivity contribution in [3.63, 3.8) is 0 Å². The van der Waals surface area contributed by atoms with E-state index in [1.807, 2.05) is 0 Å². The number of carbonyl (C=O) groups excluding carboxylic acids is 3. The number of nitrogens with zero attached hydrogens (tertiary/aromatic N) is 3. The number of hydrogen-bond donors (Lipinski definition) is 3. The fourth-order valence-corrected chi connectivity index (χ4v) is 5.48. The van der Waals surface area contributed by atoms with Crippen molar-refractivity contribution >= 4 is 35.0 Å². The van der Waals surface area contributed by atoms with E-state index in [9.17, 15) is 23.2 Å². The summed E-state index contributed by atoms with van der Waals surface area (Å²) in [6.07, 6.45) is 5.35. The van der Waals surface area contributed by atoms with Crippen molar-refractivity contribution < 1.29 is 27.9 Å². The molecule has 0 atom stereocenters. The number of rotatable bonds is 9. The molecule has 2 saturated heterocycles. The number of aromatic nitrogens is 1. The van der Waals surface area contributed by atoms with Crippen LogP contribution in [0.15, 0.2) is 60.8 Å². The summed E-state index contributed by atoms with van der Waals surface area (Å²) in [6, 6.07) is 12.1. The molecular weight excluding hydrogens is 570 g/mol. The van der Waals surface area contributed by atoms with E-state index in [-0.39, 0.29) is 17.5 Å². The highest BCUT2D eigenvalue weighted by atomic mass is 19.1. The van der Waals surface area contributed by atoms with Gasteiger partial charge in [0.05, 0.1) is 5.69 Å². The first kappa shape index (κ1) is 29.5. The Balaban J connectivity index is 1.01. The molecule has 6 rings (SSSR count). The zero-order chi connectivity index (χ0) is 30.7. The molecule has 1 saturated carbocycles. The second-order valence-corrected chi connectivity index (χ2v) is 11.6. The number of hydrogen-bond acceptors (Lipinski definition) is 6. The molecule has 10 nitrogen and oxygen atoms in total. The van der Waals surface area contributed by atoms with E-state index < -0.39 is 28.9 Å². The second-order valence-electron chi connectivity index (χ2n) is 11.6. The van der Waals surface area contributed by atoms with Gasteiger partial charge in [0.1, 0.15) is 34.4 Å². The van der Waals surface area contributed by atoms with Gasteiger partial charge in [0, 0.05) is 43.7 Å². The zero-order valence-electron chi connectivity index (χ0n) is 24.2. The molecule has 0 radical (unpaired) electrons. The molecular formula is C32H34F2N6O4. The molecule has 3 aromatic rings. The van der Waals surface area contributed by atoms with Gasteiger partial charge in [-0.2, -0.15) is 0 Å². The third-order valence-corrected chi connectivity index (χ3v) is 8.48. The topological polar surface area (TPSA) is 116 Å². The summed E-state index contributed by atoms with van der Waals surface area (Å²) in [7, 11) is 0. The minimum Gasteiger partial charge on any atom is -0.457 e. The highest BCUT2D eigenvalue weighted by Crippen LogP contribution is 2.47. The molecule has 3 fully saturated rings. The molecule has 2 aromatic carbocycles. The molecule has 0 unspecified atom stereocenters. The van der Waals surface area contributed by atoms with Crippen LogP contribution in [0.4, 0.5) is 30.8 Å². The molecule has 1 aliphatic carbocycles. The molecule has 2 aliphatic heterocycles. The SMILES string of the molecule is O=C(Nc1cc(Oc2ccc(NC(=O)C3(C(=O)Nc4ccc(F)cc4)CC3)c(F)c2)ccn1)N1CCC(CN2CCC2)CC1. The first-order valence-corrected chi connectivity index (χ1v) is 14.9. The van der Waals surface area contributed by atoms with Gasteiger partial charge in [-0.25, -0.2) is 18.6 Å². The highest BCUT2D eigenvalue weighted by molar-refractivity contribution is 6.16. The Morgan fingerprint density at radius 3 is 2.23 bits per heavy atom. The third kappa shape index (κ3) is 6.80. The minimum absolute atomic E-state index is 0.0977. The fourth-order valence-electron chi connectivity index (χ4n) is 5.48. The monoisotopic (exact) mass is 604 g/mol. The third-order valence-electron chi connectivity index (χ3n) is 8.48. The van der Waals surface area contributed by atoms with Gasteiger partial charge in [0.15, 0.2) is 0 Å². The van der Waals surface area contributed by atoms with E-state index in [1.54, 1.807) is 17.0 Å². The molecule has 4 amide bonds. The molecule has 0 bridgehead atoms. The number of halogens is 2. The fraction of sp³-hybridized carbons (Fsp3) is 0.375. The molecule has 12 heteroatoms. The predicted molar refractivity (Wildman–Crippen MR) is 160 cm³/mol. The van der Waals surface area contributed by atoms with E-state index >= 15 is 0 Å². The van der Waals surface area contributed by atoms with Crippen LogP contribution < -0.4 is 20.7 Å². The van der Waals surface area contributed by atoms with Gasteiger partial charge in [0.2, 0.25) is 11.8 Å². The van der Waals surface area contributed by atoms with Gasteiger partial charge in [-0.15, -0.1) is 0 Å². The van der Waals surface area contributed by atoms with Crippen LogP contribution in [-0.4, -0.2) is 65.4 Å². The number of nitrogens with one attached hydrogen (secondary N) is 3. The Morgan fingerprint density at radius 1 is 0.864 bits per heavy atom. The van der Waals surface area contributed by atoms with Gasteiger partial charge >= 0.3 is 6.03 Å². The number of carbonyl (C=O) groups is 3. The van der Waals surface area contributed by atoms with Gasteiger partial charge in [-0.3, -0.25) is 14.9 Å². The molecule has 3 aliphatic rings. The van der Waals surface area contributed by atoms with Crippen LogP contribution in [0.3, 0.4) is 0 Å². The average Bonchev–Trinajstić information content (AvgIpc) is 3.81. The summed E-state index contributed by atoms with van der Waals surface area (Å²) in [5.41, 5.74) is -1.06. The van der Waals surface area contributed by atoms with Gasteiger partial charge in [-0.1, -0.05) is 0 Å². The summed E-state index contributed by atoms with van der Waals surface area (Å²) in [4.78, 5) is 47.0. The lowest BCUT2D eigenvalue weighted by Crippen LogP contribution is -2.46. The Morgan fingerprint density at radius 2 is 1.57 bits per heavy atom. The largest absolute Gasteiger partial charge is 0.457 e. The first-order chi connectivity index (χ1) is 21.3. The lowest BCUT2D eigenvalue weighted by Gasteiger charge is -2.38. The number of likely N-dealkylation sites (tertiary alicyclic amines) is 2. The van der Waals surface area contributed by atoms with Crippen molar-refractivity contribution in [3.05, 3.63) is 72.4 Å². The van der Waals surface area contributed by atoms with Gasteiger partial charge in [-0.05, 0) is 93.6 Å². The smallest absolute Gasteiger partial charge is 0.323 e. The van der Waals surface area contributed by atoms with Crippen molar-refractivity contribution in [3.8, 4) is 11.5 Å². The normalized spacial score (nSPS) is 17.7. The second kappa shape index (κ2) is 12.6. The van der Waals surface area contributed by atoms with Crippen LogP contribution >= 0.6 is 0 Å². The van der Waals surface area contributed by atoms with Crippen LogP contribution in [0.25, 0.3) is 0 Å². The van der Waals surface area contributed by atoms with Crippen LogP contribution in [0.2, 0.25) is 0 Å². The number of piperidine rings is 1. The standard InChI is InChI=1S/C32H34F2N6O4/c33-22-2-4-23(5-3-22)36-29(41)32(11-12-32)30(42)37-27-7-6-24(18-26(27)34)44-25-8-13-35-28(19-25)38-31(43)40-16-9-21(10-17-40)20-39-14-1-15-39/h2-8,13,18-19,21H,1,9-12,14-17,20H2,(H,36,41)(H,37,42)(H,35,38,43). The maximum absolute atomic E-state index is 15.0. The van der Waals surface area contributed by atoms with Crippen molar-refractivity contribution in [2.45, 2.75) is 32.1 Å². The summed E-state index contributed by atoms with van der Waals surface area (Å²) in [6.45, 7) is 4.87. The summed E-state index contributed by atoms with van der Waals surface area (Å²) in [5.74, 6) is -0.902. The van der Waals surface area contributed by atoms with E-state index in [1.165, 1.54) is 62.1 Å². The number of amides is 4. The highest BCUT2D eigenvalue weighted by Gasteiger charge is 2.56. The lowest BCUT2D eigenvalue weighted by molar-refractivity contribution is -0.131. The summed E-state index contributed by atoms with van der Waals surface area (Å²) in [5, 5.41) is 7.94. The van der Waals surface area contributed by atoms with Crippen molar-refractivity contribution in [1.82, 2.24) is 14.8 Å². The van der Waals surface area contributed by atoms with Crippen LogP contribution in [-0.2, 0) is 9.59 Å². The molecule has 3 N–H and O–H groups in total. The van der Waals surface area contributed by atoms with Crippen LogP contribution in [0.1, 0.15) is 32.1 Å². The number of pyridine rings is 1. The van der Waals surface area contributed by atoms with Crippen LogP contribution in [0, 0.1) is 23.0 Å². The van der Waals surface area contributed by atoms with E-state index in [2.05, 4.69) is 25.8 Å². The number of urea groups is 1. The zero-order valence-corrected chi connectivity index (χ0v) is 24.2. The Hall–Kier alpha value is -4.58. The molecule has 230 valence electrons. The Bertz CT molecular complexity index is 1540. The Labute approximate surface area is 253 Å². The number of ether oxygens (including phenoxy) is 1. The molecule has 3 heterocycles. The van der Waals surface area contributed by atoms with E-state index in [0.29, 0.717) is 49.1 Å². The first-order valence-electron chi connectivity index (χ1n) is 14.9. The summed E-state index contributed by atoms with van der Waals surface area (Å²) >= 11 is 0. The van der Waals surface area contributed by atoms with E-state index in [4.69, 9.17) is 4.74 Å². The maximum Gasteiger partial charge on any atom is 0.323 e. The van der Waals surface area contributed by atoms with Gasteiger partial charge in [0.25, 0.3) is 0 Å². The van der Waals surface area contributed by atoms with E-state index in [0.717, 1.165) is 25.5 Å². The summed E-state index contributed by atoms with van der Waals surface area (Å²) < 4.78 is 33.9. The van der Waals surface area contributed by atoms with Crippen molar-refractivity contribution in [2.75, 3.05) is 48.7 Å². The van der Waals surface area contributed by atoms with Gasteiger partial charge < -0.3 is 25.2 Å². The maximum atomic E-state index is 15.0. The quantitative estimate of drug-likeness (QED) is 0.280. The lowest BCUT2D eigenvalue weighted by atomic mass is 9.95. The Kier molecular flexibility index (Phi) is 8.42. The number of anilines is 3.